The van der Waals surface area contributed by atoms with Crippen LogP contribution in [0.15, 0.2) is 0 Å². The van der Waals surface area contributed by atoms with Gasteiger partial charge in [0.25, 0.3) is 0 Å². The van der Waals surface area contributed by atoms with Crippen molar-refractivity contribution in [3.8, 4) is 0 Å². The van der Waals surface area contributed by atoms with Crippen LogP contribution in [0, 0.1) is 5.41 Å². The van der Waals surface area contributed by atoms with Gasteiger partial charge in [0.05, 0.1) is 0 Å². The Morgan fingerprint density at radius 3 is 2.11 bits per heavy atom. The van der Waals surface area contributed by atoms with Crippen LogP contribution in [0.1, 0.15) is 26.2 Å². The molecule has 0 aromatic carbocycles. The van der Waals surface area contributed by atoms with Crippen LogP contribution in [0.2, 0.25) is 0 Å². The van der Waals surface area contributed by atoms with Gasteiger partial charge in [-0.2, -0.15) is 0 Å². The van der Waals surface area contributed by atoms with Crippen molar-refractivity contribution in [1.82, 2.24) is 26.6 Å². The third-order valence-electron chi connectivity index (χ3n) is 4.79. The van der Waals surface area contributed by atoms with Gasteiger partial charge in [0.2, 0.25) is 5.91 Å². The molecule has 10 N–H and O–H groups in total. The maximum atomic E-state index is 12.2. The molecule has 158 valence electrons. The van der Waals surface area contributed by atoms with E-state index in [2.05, 4.69) is 33.5 Å². The molecular formula is C17H37N7O3. The quantitative estimate of drug-likeness (QED) is 0.233. The van der Waals surface area contributed by atoms with Crippen LogP contribution in [0.25, 0.3) is 0 Å². The number of hydrogen-bond acceptors (Lipinski definition) is 8. The average Bonchev–Trinajstić information content (AvgIpc) is 2.64. The van der Waals surface area contributed by atoms with E-state index in [-0.39, 0.29) is 30.7 Å². The predicted molar refractivity (Wildman–Crippen MR) is 105 cm³/mol. The van der Waals surface area contributed by atoms with Crippen LogP contribution in [-0.2, 0) is 9.59 Å². The molecule has 0 saturated carbocycles. The van der Waals surface area contributed by atoms with E-state index in [1.165, 1.54) is 0 Å². The summed E-state index contributed by atoms with van der Waals surface area (Å²) in [5.74, 6) is -1.11. The zero-order chi connectivity index (χ0) is 20.2. The number of carbonyl (C=O) groups is 2. The largest absolute Gasteiger partial charge is 0.481 e. The Morgan fingerprint density at radius 1 is 0.963 bits per heavy atom. The zero-order valence-corrected chi connectivity index (χ0v) is 16.4. The lowest BCUT2D eigenvalue weighted by atomic mass is 9.90. The first kappa shape index (κ1) is 23.7. The summed E-state index contributed by atoms with van der Waals surface area (Å²) in [6, 6.07) is 0. The van der Waals surface area contributed by atoms with Gasteiger partial charge in [-0.05, 0) is 6.42 Å². The molecule has 0 spiro atoms. The van der Waals surface area contributed by atoms with E-state index >= 15 is 0 Å². The molecule has 1 aliphatic heterocycles. The van der Waals surface area contributed by atoms with Crippen molar-refractivity contribution >= 4 is 11.9 Å². The van der Waals surface area contributed by atoms with E-state index < -0.39 is 11.6 Å². The van der Waals surface area contributed by atoms with Crippen LogP contribution >= 0.6 is 0 Å². The number of hydrogen-bond donors (Lipinski definition) is 8. The Bertz CT molecular complexity index is 466. The molecule has 1 aliphatic rings. The molecule has 1 saturated heterocycles. The van der Waals surface area contributed by atoms with E-state index in [1.807, 2.05) is 0 Å². The molecule has 1 heterocycles. The lowest BCUT2D eigenvalue weighted by Gasteiger charge is -2.35. The third-order valence-corrected chi connectivity index (χ3v) is 4.79. The maximum Gasteiger partial charge on any atom is 0.303 e. The Labute approximate surface area is 161 Å². The van der Waals surface area contributed by atoms with Gasteiger partial charge in [-0.3, -0.25) is 14.9 Å². The van der Waals surface area contributed by atoms with Crippen molar-refractivity contribution in [3.05, 3.63) is 0 Å². The van der Waals surface area contributed by atoms with E-state index in [1.54, 1.807) is 0 Å². The second-order valence-corrected chi connectivity index (χ2v) is 7.55. The lowest BCUT2D eigenvalue weighted by molar-refractivity contribution is -0.137. The molecule has 1 fully saturated rings. The van der Waals surface area contributed by atoms with Gasteiger partial charge >= 0.3 is 5.97 Å². The molecule has 0 unspecified atom stereocenters. The van der Waals surface area contributed by atoms with Crippen LogP contribution in [-0.4, -0.2) is 81.5 Å². The summed E-state index contributed by atoms with van der Waals surface area (Å²) >= 11 is 0. The van der Waals surface area contributed by atoms with Gasteiger partial charge in [0, 0.05) is 77.2 Å². The van der Waals surface area contributed by atoms with Crippen LogP contribution in [0.4, 0.5) is 0 Å². The molecule has 27 heavy (non-hydrogen) atoms. The molecule has 10 heteroatoms. The summed E-state index contributed by atoms with van der Waals surface area (Å²) in [6.45, 7) is 7.91. The summed E-state index contributed by atoms with van der Waals surface area (Å²) in [5.41, 5.74) is 11.1. The van der Waals surface area contributed by atoms with Gasteiger partial charge in [-0.25, -0.2) is 0 Å². The molecule has 0 bridgehead atoms. The smallest absolute Gasteiger partial charge is 0.303 e. The van der Waals surface area contributed by atoms with Gasteiger partial charge < -0.3 is 37.8 Å². The van der Waals surface area contributed by atoms with Gasteiger partial charge in [0.1, 0.15) is 5.66 Å². The summed E-state index contributed by atoms with van der Waals surface area (Å²) in [4.78, 5) is 22.8. The second kappa shape index (κ2) is 12.2. The third kappa shape index (κ3) is 9.45. The van der Waals surface area contributed by atoms with E-state index in [0.717, 1.165) is 26.2 Å². The molecule has 2 atom stereocenters. The SMILES string of the molecule is C[C@@]1(CN)CNCCNC[C@@](CN)(NC(=O)CCCC(=O)O)NCCNC1. The van der Waals surface area contributed by atoms with Gasteiger partial charge in [0.15, 0.2) is 0 Å². The summed E-state index contributed by atoms with van der Waals surface area (Å²) in [7, 11) is 0. The van der Waals surface area contributed by atoms with Crippen molar-refractivity contribution in [1.29, 1.82) is 0 Å². The number of carbonyl (C=O) groups excluding carboxylic acids is 1. The second-order valence-electron chi connectivity index (χ2n) is 7.55. The Balaban J connectivity index is 2.63. The van der Waals surface area contributed by atoms with Crippen LogP contribution < -0.4 is 38.1 Å². The minimum atomic E-state index is -0.902. The summed E-state index contributed by atoms with van der Waals surface area (Å²) < 4.78 is 0. The minimum Gasteiger partial charge on any atom is -0.481 e. The van der Waals surface area contributed by atoms with Crippen molar-refractivity contribution in [3.63, 3.8) is 0 Å². The number of carboxylic acid groups (broad SMARTS) is 1. The number of nitrogens with one attached hydrogen (secondary N) is 5. The number of nitrogens with two attached hydrogens (primary N) is 2. The van der Waals surface area contributed by atoms with Gasteiger partial charge in [-0.15, -0.1) is 0 Å². The van der Waals surface area contributed by atoms with Crippen molar-refractivity contribution in [2.75, 3.05) is 58.9 Å². The van der Waals surface area contributed by atoms with E-state index in [4.69, 9.17) is 16.6 Å². The molecule has 1 rings (SSSR count). The Morgan fingerprint density at radius 2 is 1.56 bits per heavy atom. The van der Waals surface area contributed by atoms with Crippen LogP contribution in [0.3, 0.4) is 0 Å². The number of amides is 1. The Kier molecular flexibility index (Phi) is 10.7. The molecule has 1 amide bonds. The average molecular weight is 388 g/mol. The number of rotatable bonds is 7. The summed E-state index contributed by atoms with van der Waals surface area (Å²) in [6.07, 6.45) is 0.438. The highest BCUT2D eigenvalue weighted by Gasteiger charge is 2.30. The Hall–Kier alpha value is -1.30. The van der Waals surface area contributed by atoms with Crippen molar-refractivity contribution in [2.45, 2.75) is 31.8 Å². The molecule has 0 aliphatic carbocycles. The standard InChI is InChI=1S/C17H37N7O3/c1-16(9-18)11-20-5-6-22-13-17(10-19,23-8-7-21-12-16)24-14(25)3-2-4-15(26)27/h20-23H,2-13,18-19H2,1H3,(H,24,25)(H,26,27)/t16-,17-/m1/s1. The molecule has 10 nitrogen and oxygen atoms in total. The highest BCUT2D eigenvalue weighted by atomic mass is 16.4. The number of carboxylic acids is 1. The molecular weight excluding hydrogens is 350 g/mol. The van der Waals surface area contributed by atoms with Crippen molar-refractivity contribution in [2.24, 2.45) is 16.9 Å². The molecule has 0 aromatic rings. The van der Waals surface area contributed by atoms with Gasteiger partial charge in [-0.1, -0.05) is 6.92 Å². The fourth-order valence-corrected chi connectivity index (χ4v) is 2.93. The van der Waals surface area contributed by atoms with E-state index in [0.29, 0.717) is 32.6 Å². The lowest BCUT2D eigenvalue weighted by Crippen LogP contribution is -2.68. The minimum absolute atomic E-state index is 0.0165. The predicted octanol–water partition coefficient (Wildman–Crippen LogP) is -2.65. The van der Waals surface area contributed by atoms with E-state index in [9.17, 15) is 9.59 Å². The highest BCUT2D eigenvalue weighted by Crippen LogP contribution is 2.11. The fraction of sp³-hybridized carbons (Fsp3) is 0.882. The molecule has 0 radical (unpaired) electrons. The first-order valence-corrected chi connectivity index (χ1v) is 9.65. The van der Waals surface area contributed by atoms with Crippen LogP contribution in [0.5, 0.6) is 0 Å². The number of aliphatic carboxylic acids is 1. The maximum absolute atomic E-state index is 12.2. The topological polar surface area (TPSA) is 167 Å². The first-order chi connectivity index (χ1) is 12.8. The molecule has 0 aromatic heterocycles. The highest BCUT2D eigenvalue weighted by molar-refractivity contribution is 5.77. The van der Waals surface area contributed by atoms with Crippen molar-refractivity contribution < 1.29 is 14.7 Å². The normalized spacial score (nSPS) is 28.4. The monoisotopic (exact) mass is 387 g/mol. The fourth-order valence-electron chi connectivity index (χ4n) is 2.93. The summed E-state index contributed by atoms with van der Waals surface area (Å²) in [5, 5.41) is 25.1. The zero-order valence-electron chi connectivity index (χ0n) is 16.4. The first-order valence-electron chi connectivity index (χ1n) is 9.65.